The highest BCUT2D eigenvalue weighted by Gasteiger charge is 2.19. The summed E-state index contributed by atoms with van der Waals surface area (Å²) in [4.78, 5) is 23.7. The van der Waals surface area contributed by atoms with Gasteiger partial charge < -0.3 is 10.4 Å². The minimum Gasteiger partial charge on any atom is -0.477 e. The van der Waals surface area contributed by atoms with E-state index in [1.54, 1.807) is 12.3 Å². The molecule has 0 fully saturated rings. The Bertz CT molecular complexity index is 668. The second kappa shape index (κ2) is 5.46. The summed E-state index contributed by atoms with van der Waals surface area (Å²) in [6.45, 7) is 5.50. The number of carbonyl (C=O) groups excluding carboxylic acids is 1. The maximum atomic E-state index is 12.4. The van der Waals surface area contributed by atoms with Crippen molar-refractivity contribution < 1.29 is 14.7 Å². The lowest BCUT2D eigenvalue weighted by Crippen LogP contribution is -2.16. The molecule has 2 rings (SSSR count). The fourth-order valence-corrected chi connectivity index (χ4v) is 2.95. The van der Waals surface area contributed by atoms with E-state index in [9.17, 15) is 9.59 Å². The average Bonchev–Trinajstić information content (AvgIpc) is 2.71. The Morgan fingerprint density at radius 2 is 1.70 bits per heavy atom. The molecule has 0 saturated heterocycles. The van der Waals surface area contributed by atoms with Crippen LogP contribution < -0.4 is 5.32 Å². The number of benzene rings is 1. The van der Waals surface area contributed by atoms with Gasteiger partial charge in [0.1, 0.15) is 4.88 Å². The minimum atomic E-state index is -1.03. The van der Waals surface area contributed by atoms with Crippen LogP contribution >= 0.6 is 11.3 Å². The summed E-state index contributed by atoms with van der Waals surface area (Å²) in [5.74, 6) is -1.30. The molecule has 0 saturated carbocycles. The molecule has 0 aliphatic rings. The Kier molecular flexibility index (Phi) is 3.90. The normalized spacial score (nSPS) is 10.3. The fourth-order valence-electron chi connectivity index (χ4n) is 2.11. The van der Waals surface area contributed by atoms with Crippen molar-refractivity contribution in [2.75, 3.05) is 5.32 Å². The standard InChI is InChI=1S/C15H15NO3S/c1-8-5-4-6-9(2)11(8)14(17)16-12-10(3)7-20-13(12)15(18)19/h4-7H,1-3H3,(H,16,17)(H,18,19). The topological polar surface area (TPSA) is 66.4 Å². The number of hydrogen-bond acceptors (Lipinski definition) is 3. The summed E-state index contributed by atoms with van der Waals surface area (Å²) < 4.78 is 0. The molecule has 1 amide bonds. The SMILES string of the molecule is Cc1csc(C(=O)O)c1NC(=O)c1c(C)cccc1C. The van der Waals surface area contributed by atoms with Gasteiger partial charge in [-0.05, 0) is 42.8 Å². The average molecular weight is 289 g/mol. The van der Waals surface area contributed by atoms with Crippen molar-refractivity contribution >= 4 is 28.9 Å². The van der Waals surface area contributed by atoms with Crippen molar-refractivity contribution in [2.24, 2.45) is 0 Å². The number of carboxylic acid groups (broad SMARTS) is 1. The third kappa shape index (κ3) is 2.58. The number of aryl methyl sites for hydroxylation is 3. The predicted octanol–water partition coefficient (Wildman–Crippen LogP) is 3.62. The second-order valence-electron chi connectivity index (χ2n) is 4.65. The molecule has 1 aromatic heterocycles. The molecule has 1 aromatic carbocycles. The van der Waals surface area contributed by atoms with Gasteiger partial charge in [-0.3, -0.25) is 4.79 Å². The number of amides is 1. The van der Waals surface area contributed by atoms with Crippen LogP contribution in [0.4, 0.5) is 5.69 Å². The van der Waals surface area contributed by atoms with Gasteiger partial charge in [0.25, 0.3) is 5.91 Å². The second-order valence-corrected chi connectivity index (χ2v) is 5.53. The molecule has 0 spiro atoms. The predicted molar refractivity (Wildman–Crippen MR) is 79.9 cm³/mol. The van der Waals surface area contributed by atoms with Crippen LogP contribution in [-0.4, -0.2) is 17.0 Å². The lowest BCUT2D eigenvalue weighted by Gasteiger charge is -2.11. The van der Waals surface area contributed by atoms with Gasteiger partial charge in [0.2, 0.25) is 0 Å². The van der Waals surface area contributed by atoms with Crippen LogP contribution in [-0.2, 0) is 0 Å². The summed E-state index contributed by atoms with van der Waals surface area (Å²) in [6, 6.07) is 5.61. The summed E-state index contributed by atoms with van der Waals surface area (Å²) in [5, 5.41) is 13.6. The first-order valence-corrected chi connectivity index (χ1v) is 6.98. The zero-order valence-corrected chi connectivity index (χ0v) is 12.3. The van der Waals surface area contributed by atoms with Crippen molar-refractivity contribution in [1.82, 2.24) is 0 Å². The highest BCUT2D eigenvalue weighted by Crippen LogP contribution is 2.28. The van der Waals surface area contributed by atoms with E-state index < -0.39 is 5.97 Å². The maximum Gasteiger partial charge on any atom is 0.348 e. The number of carboxylic acids is 1. The van der Waals surface area contributed by atoms with Gasteiger partial charge in [-0.2, -0.15) is 0 Å². The Morgan fingerprint density at radius 3 is 2.25 bits per heavy atom. The van der Waals surface area contributed by atoms with E-state index in [0.29, 0.717) is 11.3 Å². The highest BCUT2D eigenvalue weighted by molar-refractivity contribution is 7.12. The van der Waals surface area contributed by atoms with Gasteiger partial charge >= 0.3 is 5.97 Å². The number of rotatable bonds is 3. The first-order valence-electron chi connectivity index (χ1n) is 6.10. The van der Waals surface area contributed by atoms with Crippen LogP contribution in [0.3, 0.4) is 0 Å². The van der Waals surface area contributed by atoms with Gasteiger partial charge in [-0.15, -0.1) is 11.3 Å². The molecule has 0 atom stereocenters. The van der Waals surface area contributed by atoms with Crippen molar-refractivity contribution in [3.05, 3.63) is 50.7 Å². The highest BCUT2D eigenvalue weighted by atomic mass is 32.1. The van der Waals surface area contributed by atoms with Crippen molar-refractivity contribution in [2.45, 2.75) is 20.8 Å². The molecule has 0 radical (unpaired) electrons. The van der Waals surface area contributed by atoms with Gasteiger partial charge in [0.15, 0.2) is 0 Å². The molecule has 20 heavy (non-hydrogen) atoms. The number of nitrogens with one attached hydrogen (secondary N) is 1. The zero-order valence-electron chi connectivity index (χ0n) is 11.5. The Hall–Kier alpha value is -2.14. The molecule has 4 nitrogen and oxygen atoms in total. The monoisotopic (exact) mass is 289 g/mol. The lowest BCUT2D eigenvalue weighted by molar-refractivity contribution is 0.0703. The van der Waals surface area contributed by atoms with E-state index in [0.717, 1.165) is 28.0 Å². The first-order chi connectivity index (χ1) is 9.41. The third-order valence-corrected chi connectivity index (χ3v) is 4.20. The van der Waals surface area contributed by atoms with Crippen molar-refractivity contribution in [3.8, 4) is 0 Å². The van der Waals surface area contributed by atoms with Crippen molar-refractivity contribution in [1.29, 1.82) is 0 Å². The van der Waals surface area contributed by atoms with E-state index in [2.05, 4.69) is 5.32 Å². The number of thiophene rings is 1. The first kappa shape index (κ1) is 14.3. The van der Waals surface area contributed by atoms with Crippen LogP contribution in [0.25, 0.3) is 0 Å². The number of hydrogen-bond donors (Lipinski definition) is 2. The largest absolute Gasteiger partial charge is 0.477 e. The van der Waals surface area contributed by atoms with Crippen LogP contribution in [0.1, 0.15) is 36.7 Å². The molecule has 1 heterocycles. The molecule has 0 unspecified atom stereocenters. The Labute approximate surface area is 121 Å². The molecule has 5 heteroatoms. The van der Waals surface area contributed by atoms with E-state index in [4.69, 9.17) is 5.11 Å². The summed E-state index contributed by atoms with van der Waals surface area (Å²) in [5.41, 5.74) is 3.47. The Morgan fingerprint density at radius 1 is 1.10 bits per heavy atom. The molecule has 0 aliphatic carbocycles. The molecular weight excluding hydrogens is 274 g/mol. The van der Waals surface area contributed by atoms with Gasteiger partial charge in [-0.1, -0.05) is 18.2 Å². The van der Waals surface area contributed by atoms with Crippen LogP contribution in [0.15, 0.2) is 23.6 Å². The molecule has 0 aliphatic heterocycles. The fraction of sp³-hybridized carbons (Fsp3) is 0.200. The quantitative estimate of drug-likeness (QED) is 0.906. The molecule has 2 aromatic rings. The number of carbonyl (C=O) groups is 2. The van der Waals surface area contributed by atoms with Crippen LogP contribution in [0, 0.1) is 20.8 Å². The lowest BCUT2D eigenvalue weighted by atomic mass is 10.0. The van der Waals surface area contributed by atoms with E-state index in [-0.39, 0.29) is 10.8 Å². The molecule has 104 valence electrons. The van der Waals surface area contributed by atoms with E-state index in [1.807, 2.05) is 32.0 Å². The molecule has 2 N–H and O–H groups in total. The molecular formula is C15H15NO3S. The zero-order chi connectivity index (χ0) is 14.9. The summed E-state index contributed by atoms with van der Waals surface area (Å²) in [7, 11) is 0. The summed E-state index contributed by atoms with van der Waals surface area (Å²) in [6.07, 6.45) is 0. The number of aromatic carboxylic acids is 1. The van der Waals surface area contributed by atoms with Gasteiger partial charge in [-0.25, -0.2) is 4.79 Å². The number of anilines is 1. The summed E-state index contributed by atoms with van der Waals surface area (Å²) >= 11 is 1.12. The van der Waals surface area contributed by atoms with Gasteiger partial charge in [0.05, 0.1) is 5.69 Å². The maximum absolute atomic E-state index is 12.4. The van der Waals surface area contributed by atoms with Gasteiger partial charge in [0, 0.05) is 5.56 Å². The van der Waals surface area contributed by atoms with E-state index >= 15 is 0 Å². The Balaban J connectivity index is 2.38. The smallest absolute Gasteiger partial charge is 0.348 e. The third-order valence-electron chi connectivity index (χ3n) is 3.12. The van der Waals surface area contributed by atoms with Crippen LogP contribution in [0.5, 0.6) is 0 Å². The van der Waals surface area contributed by atoms with Crippen LogP contribution in [0.2, 0.25) is 0 Å². The minimum absolute atomic E-state index is 0.155. The van der Waals surface area contributed by atoms with E-state index in [1.165, 1.54) is 0 Å². The van der Waals surface area contributed by atoms with Crippen molar-refractivity contribution in [3.63, 3.8) is 0 Å². The molecule has 0 bridgehead atoms.